The molecule has 2 rings (SSSR count). The van der Waals surface area contributed by atoms with Crippen molar-refractivity contribution in [2.75, 3.05) is 19.7 Å². The number of nitrogens with zero attached hydrogens (tertiary/aromatic N) is 1. The standard InChI is InChI=1S/C13H16BrNO2S/c1-9-8-15(5-2-6-17-9)13(16)11-4-3-10(14)7-12(11)18/h3-4,7,9,18H,2,5-6,8H2,1H3. The van der Waals surface area contributed by atoms with Crippen LogP contribution in [0.3, 0.4) is 0 Å². The van der Waals surface area contributed by atoms with Crippen LogP contribution >= 0.6 is 28.6 Å². The van der Waals surface area contributed by atoms with Gasteiger partial charge in [-0.05, 0) is 31.5 Å². The fraction of sp³-hybridized carbons (Fsp3) is 0.462. The summed E-state index contributed by atoms with van der Waals surface area (Å²) >= 11 is 7.74. The Bertz CT molecular complexity index is 453. The van der Waals surface area contributed by atoms with Gasteiger partial charge in [0.2, 0.25) is 0 Å². The summed E-state index contributed by atoms with van der Waals surface area (Å²) in [5.41, 5.74) is 0.649. The zero-order chi connectivity index (χ0) is 13.1. The van der Waals surface area contributed by atoms with Crippen molar-refractivity contribution >= 4 is 34.5 Å². The molecule has 1 aromatic rings. The maximum absolute atomic E-state index is 12.4. The van der Waals surface area contributed by atoms with Gasteiger partial charge in [-0.2, -0.15) is 0 Å². The van der Waals surface area contributed by atoms with Crippen molar-refractivity contribution in [3.05, 3.63) is 28.2 Å². The summed E-state index contributed by atoms with van der Waals surface area (Å²) in [6.07, 6.45) is 0.976. The van der Waals surface area contributed by atoms with Crippen LogP contribution in [-0.4, -0.2) is 36.6 Å². The second-order valence-electron chi connectivity index (χ2n) is 4.45. The SMILES string of the molecule is CC1CN(C(=O)c2ccc(Br)cc2S)CCCO1. The van der Waals surface area contributed by atoms with E-state index < -0.39 is 0 Å². The second kappa shape index (κ2) is 6.08. The highest BCUT2D eigenvalue weighted by Crippen LogP contribution is 2.22. The molecule has 98 valence electrons. The van der Waals surface area contributed by atoms with Crippen molar-refractivity contribution in [2.24, 2.45) is 0 Å². The van der Waals surface area contributed by atoms with E-state index in [0.29, 0.717) is 17.0 Å². The van der Waals surface area contributed by atoms with E-state index in [1.54, 1.807) is 0 Å². The molecule has 0 saturated carbocycles. The second-order valence-corrected chi connectivity index (χ2v) is 5.85. The van der Waals surface area contributed by atoms with Gasteiger partial charge in [-0.1, -0.05) is 15.9 Å². The minimum Gasteiger partial charge on any atom is -0.377 e. The van der Waals surface area contributed by atoms with Crippen molar-refractivity contribution in [1.82, 2.24) is 4.90 Å². The molecule has 1 heterocycles. The topological polar surface area (TPSA) is 29.5 Å². The van der Waals surface area contributed by atoms with Crippen LogP contribution in [0.1, 0.15) is 23.7 Å². The first-order valence-electron chi connectivity index (χ1n) is 5.97. The first kappa shape index (κ1) is 13.9. The van der Waals surface area contributed by atoms with Gasteiger partial charge >= 0.3 is 0 Å². The number of ether oxygens (including phenoxy) is 1. The third kappa shape index (κ3) is 3.28. The molecule has 1 saturated heterocycles. The minimum absolute atomic E-state index is 0.0323. The smallest absolute Gasteiger partial charge is 0.255 e. The summed E-state index contributed by atoms with van der Waals surface area (Å²) < 4.78 is 6.48. The van der Waals surface area contributed by atoms with Gasteiger partial charge in [-0.3, -0.25) is 4.79 Å². The Kier molecular flexibility index (Phi) is 4.70. The minimum atomic E-state index is 0.0323. The average Bonchev–Trinajstić information content (AvgIpc) is 2.53. The van der Waals surface area contributed by atoms with Gasteiger partial charge in [0.05, 0.1) is 11.7 Å². The molecular formula is C13H16BrNO2S. The summed E-state index contributed by atoms with van der Waals surface area (Å²) in [5, 5.41) is 0. The first-order chi connectivity index (χ1) is 8.58. The lowest BCUT2D eigenvalue weighted by atomic mass is 10.2. The molecule has 3 nitrogen and oxygen atoms in total. The van der Waals surface area contributed by atoms with Gasteiger partial charge in [-0.15, -0.1) is 12.6 Å². The maximum Gasteiger partial charge on any atom is 0.255 e. The highest BCUT2D eigenvalue weighted by Gasteiger charge is 2.22. The van der Waals surface area contributed by atoms with Gasteiger partial charge in [-0.25, -0.2) is 0 Å². The first-order valence-corrected chi connectivity index (χ1v) is 7.21. The van der Waals surface area contributed by atoms with Crippen LogP contribution < -0.4 is 0 Å². The van der Waals surface area contributed by atoms with Gasteiger partial charge in [0.1, 0.15) is 0 Å². The fourth-order valence-corrected chi connectivity index (χ4v) is 2.88. The Morgan fingerprint density at radius 1 is 1.56 bits per heavy atom. The molecule has 1 amide bonds. The molecule has 1 aliphatic heterocycles. The summed E-state index contributed by atoms with van der Waals surface area (Å²) in [7, 11) is 0. The Balaban J connectivity index is 2.19. The van der Waals surface area contributed by atoms with Crippen LogP contribution in [0.5, 0.6) is 0 Å². The molecule has 1 fully saturated rings. The Labute approximate surface area is 121 Å². The predicted molar refractivity (Wildman–Crippen MR) is 77.3 cm³/mol. The van der Waals surface area contributed by atoms with Crippen LogP contribution in [0.15, 0.2) is 27.6 Å². The average molecular weight is 330 g/mol. The molecule has 1 atom stereocenters. The van der Waals surface area contributed by atoms with Gasteiger partial charge in [0.25, 0.3) is 5.91 Å². The van der Waals surface area contributed by atoms with E-state index in [0.717, 1.165) is 24.0 Å². The van der Waals surface area contributed by atoms with Crippen LogP contribution in [0.25, 0.3) is 0 Å². The molecular weight excluding hydrogens is 314 g/mol. The van der Waals surface area contributed by atoms with Crippen LogP contribution in [-0.2, 0) is 4.74 Å². The van der Waals surface area contributed by atoms with Crippen LogP contribution in [0.2, 0.25) is 0 Å². The normalized spacial score (nSPS) is 20.6. The van der Waals surface area contributed by atoms with E-state index in [2.05, 4.69) is 28.6 Å². The summed E-state index contributed by atoms with van der Waals surface area (Å²) in [6.45, 7) is 4.10. The third-order valence-electron chi connectivity index (χ3n) is 2.93. The Morgan fingerprint density at radius 2 is 2.33 bits per heavy atom. The number of hydrogen-bond acceptors (Lipinski definition) is 3. The summed E-state index contributed by atoms with van der Waals surface area (Å²) in [4.78, 5) is 15.0. The highest BCUT2D eigenvalue weighted by atomic mass is 79.9. The van der Waals surface area contributed by atoms with Crippen molar-refractivity contribution in [3.63, 3.8) is 0 Å². The Morgan fingerprint density at radius 3 is 3.06 bits per heavy atom. The fourth-order valence-electron chi connectivity index (χ4n) is 2.03. The number of carbonyl (C=O) groups excluding carboxylic acids is 1. The van der Waals surface area contributed by atoms with Gasteiger partial charge < -0.3 is 9.64 Å². The molecule has 0 spiro atoms. The number of thiol groups is 1. The summed E-state index contributed by atoms with van der Waals surface area (Å²) in [6, 6.07) is 5.52. The van der Waals surface area contributed by atoms with Crippen LogP contribution in [0.4, 0.5) is 0 Å². The van der Waals surface area contributed by atoms with E-state index in [-0.39, 0.29) is 12.0 Å². The molecule has 0 radical (unpaired) electrons. The largest absolute Gasteiger partial charge is 0.377 e. The molecule has 18 heavy (non-hydrogen) atoms. The van der Waals surface area contributed by atoms with E-state index in [4.69, 9.17) is 4.74 Å². The zero-order valence-electron chi connectivity index (χ0n) is 10.2. The molecule has 1 unspecified atom stereocenters. The van der Waals surface area contributed by atoms with Crippen molar-refractivity contribution in [3.8, 4) is 0 Å². The monoisotopic (exact) mass is 329 g/mol. The van der Waals surface area contributed by atoms with Crippen LogP contribution in [0, 0.1) is 0 Å². The molecule has 0 aliphatic carbocycles. The number of amides is 1. The number of rotatable bonds is 1. The number of hydrogen-bond donors (Lipinski definition) is 1. The Hall–Kier alpha value is -0.520. The van der Waals surface area contributed by atoms with E-state index in [9.17, 15) is 4.79 Å². The lowest BCUT2D eigenvalue weighted by Gasteiger charge is -2.22. The van der Waals surface area contributed by atoms with Crippen molar-refractivity contribution < 1.29 is 9.53 Å². The lowest BCUT2D eigenvalue weighted by Crippen LogP contribution is -2.36. The van der Waals surface area contributed by atoms with E-state index in [1.165, 1.54) is 0 Å². The molecule has 1 aromatic carbocycles. The summed E-state index contributed by atoms with van der Waals surface area (Å²) in [5.74, 6) is 0.0323. The highest BCUT2D eigenvalue weighted by molar-refractivity contribution is 9.10. The molecule has 0 N–H and O–H groups in total. The van der Waals surface area contributed by atoms with Crippen molar-refractivity contribution in [1.29, 1.82) is 0 Å². The number of halogens is 1. The molecule has 0 bridgehead atoms. The lowest BCUT2D eigenvalue weighted by molar-refractivity contribution is 0.0561. The maximum atomic E-state index is 12.4. The zero-order valence-corrected chi connectivity index (χ0v) is 12.7. The molecule has 5 heteroatoms. The molecule has 0 aromatic heterocycles. The van der Waals surface area contributed by atoms with Gasteiger partial charge in [0, 0.05) is 29.1 Å². The number of benzene rings is 1. The quantitative estimate of drug-likeness (QED) is 0.802. The van der Waals surface area contributed by atoms with Crippen molar-refractivity contribution in [2.45, 2.75) is 24.3 Å². The van der Waals surface area contributed by atoms with Gasteiger partial charge in [0.15, 0.2) is 0 Å². The van der Waals surface area contributed by atoms with E-state index >= 15 is 0 Å². The third-order valence-corrected chi connectivity index (χ3v) is 3.79. The number of carbonyl (C=O) groups is 1. The predicted octanol–water partition coefficient (Wildman–Crippen LogP) is 2.99. The molecule has 1 aliphatic rings. The van der Waals surface area contributed by atoms with E-state index in [1.807, 2.05) is 30.0 Å².